The number of hydrogen-bond acceptors (Lipinski definition) is 3. The van der Waals surface area contributed by atoms with Crippen molar-refractivity contribution in [3.63, 3.8) is 0 Å². The van der Waals surface area contributed by atoms with Gasteiger partial charge in [-0.05, 0) is 71.3 Å². The van der Waals surface area contributed by atoms with Crippen LogP contribution in [0.4, 0.5) is 5.69 Å². The van der Waals surface area contributed by atoms with E-state index in [2.05, 4.69) is 27.9 Å². The Labute approximate surface area is 136 Å². The van der Waals surface area contributed by atoms with Crippen LogP contribution in [0.2, 0.25) is 0 Å². The number of aliphatic hydroxyl groups is 1. The zero-order chi connectivity index (χ0) is 15.0. The third-order valence-electron chi connectivity index (χ3n) is 3.76. The number of hydrogen-bond donors (Lipinski definition) is 3. The lowest BCUT2D eigenvalue weighted by molar-refractivity contribution is -0.134. The van der Waals surface area contributed by atoms with E-state index in [0.717, 1.165) is 9.13 Å². The first-order chi connectivity index (χ1) is 9.99. The SMILES string of the molecule is O=C1Nc2ccc(O)cc2C1(O)CCc1ccc(I)cc1. The van der Waals surface area contributed by atoms with E-state index in [0.29, 0.717) is 17.7 Å². The highest BCUT2D eigenvalue weighted by molar-refractivity contribution is 14.1. The summed E-state index contributed by atoms with van der Waals surface area (Å²) in [5.41, 5.74) is 0.475. The van der Waals surface area contributed by atoms with Gasteiger partial charge in [0, 0.05) is 14.8 Å². The monoisotopic (exact) mass is 395 g/mol. The van der Waals surface area contributed by atoms with Crippen LogP contribution in [0.25, 0.3) is 0 Å². The molecule has 0 bridgehead atoms. The van der Waals surface area contributed by atoms with Crippen LogP contribution >= 0.6 is 22.6 Å². The fourth-order valence-electron chi connectivity index (χ4n) is 2.56. The lowest BCUT2D eigenvalue weighted by Crippen LogP contribution is -2.34. The van der Waals surface area contributed by atoms with E-state index in [1.54, 1.807) is 6.07 Å². The van der Waals surface area contributed by atoms with E-state index in [1.807, 2.05) is 24.3 Å². The molecule has 4 nitrogen and oxygen atoms in total. The maximum atomic E-state index is 12.1. The van der Waals surface area contributed by atoms with E-state index in [-0.39, 0.29) is 12.2 Å². The van der Waals surface area contributed by atoms with Gasteiger partial charge in [0.1, 0.15) is 5.75 Å². The zero-order valence-corrected chi connectivity index (χ0v) is 13.3. The van der Waals surface area contributed by atoms with Crippen molar-refractivity contribution in [1.82, 2.24) is 0 Å². The number of halogens is 1. The number of phenols is 1. The van der Waals surface area contributed by atoms with Gasteiger partial charge in [0.15, 0.2) is 5.60 Å². The van der Waals surface area contributed by atoms with Crippen LogP contribution in [0.1, 0.15) is 17.5 Å². The molecule has 0 fully saturated rings. The number of phenolic OH excluding ortho intramolecular Hbond substituents is 1. The summed E-state index contributed by atoms with van der Waals surface area (Å²) in [6, 6.07) is 12.5. The molecule has 3 N–H and O–H groups in total. The van der Waals surface area contributed by atoms with E-state index >= 15 is 0 Å². The van der Waals surface area contributed by atoms with Crippen molar-refractivity contribution in [3.05, 3.63) is 57.2 Å². The molecule has 1 heterocycles. The van der Waals surface area contributed by atoms with Gasteiger partial charge in [-0.15, -0.1) is 0 Å². The lowest BCUT2D eigenvalue weighted by Gasteiger charge is -2.21. The highest BCUT2D eigenvalue weighted by atomic mass is 127. The summed E-state index contributed by atoms with van der Waals surface area (Å²) in [5, 5.41) is 23.0. The average Bonchev–Trinajstić information content (AvgIpc) is 2.71. The summed E-state index contributed by atoms with van der Waals surface area (Å²) < 4.78 is 1.14. The first-order valence-corrected chi connectivity index (χ1v) is 7.69. The Bertz CT molecular complexity index is 699. The lowest BCUT2D eigenvalue weighted by atomic mass is 9.89. The minimum Gasteiger partial charge on any atom is -0.508 e. The quantitative estimate of drug-likeness (QED) is 0.553. The van der Waals surface area contributed by atoms with Crippen LogP contribution in [0.15, 0.2) is 42.5 Å². The Morgan fingerprint density at radius 2 is 1.86 bits per heavy atom. The predicted octanol–water partition coefficient (Wildman–Crippen LogP) is 2.77. The standard InChI is InChI=1S/C16H14INO3/c17-11-3-1-10(2-4-11)7-8-16(21)13-9-12(19)5-6-14(13)18-15(16)20/h1-6,9,19,21H,7-8H2,(H,18,20). The molecule has 0 aliphatic carbocycles. The summed E-state index contributed by atoms with van der Waals surface area (Å²) in [5.74, 6) is -0.397. The molecule has 108 valence electrons. The molecule has 0 spiro atoms. The number of anilines is 1. The summed E-state index contributed by atoms with van der Waals surface area (Å²) in [4.78, 5) is 12.1. The van der Waals surface area contributed by atoms with Crippen molar-refractivity contribution < 1.29 is 15.0 Å². The Balaban J connectivity index is 1.86. The number of fused-ring (bicyclic) bond motifs is 1. The third kappa shape index (κ3) is 2.63. The topological polar surface area (TPSA) is 69.6 Å². The van der Waals surface area contributed by atoms with Gasteiger partial charge in [0.2, 0.25) is 0 Å². The smallest absolute Gasteiger partial charge is 0.261 e. The van der Waals surface area contributed by atoms with E-state index in [9.17, 15) is 15.0 Å². The van der Waals surface area contributed by atoms with Gasteiger partial charge < -0.3 is 15.5 Å². The van der Waals surface area contributed by atoms with Crippen LogP contribution in [0, 0.1) is 3.57 Å². The van der Waals surface area contributed by atoms with Gasteiger partial charge >= 0.3 is 0 Å². The second kappa shape index (κ2) is 5.31. The molecule has 1 unspecified atom stereocenters. The highest BCUT2D eigenvalue weighted by Crippen LogP contribution is 2.40. The second-order valence-electron chi connectivity index (χ2n) is 5.17. The molecule has 2 aromatic carbocycles. The summed E-state index contributed by atoms with van der Waals surface area (Å²) >= 11 is 2.23. The number of aryl methyl sites for hydroxylation is 1. The maximum absolute atomic E-state index is 12.1. The highest BCUT2D eigenvalue weighted by Gasteiger charge is 2.44. The van der Waals surface area contributed by atoms with Crippen molar-refractivity contribution in [2.75, 3.05) is 5.32 Å². The van der Waals surface area contributed by atoms with Crippen LogP contribution < -0.4 is 5.32 Å². The fourth-order valence-corrected chi connectivity index (χ4v) is 2.92. The molecule has 0 radical (unpaired) electrons. The minimum atomic E-state index is -1.59. The first-order valence-electron chi connectivity index (χ1n) is 6.61. The van der Waals surface area contributed by atoms with E-state index in [1.165, 1.54) is 12.1 Å². The molecule has 0 aromatic heterocycles. The molecule has 1 atom stereocenters. The Morgan fingerprint density at radius 3 is 2.57 bits per heavy atom. The van der Waals surface area contributed by atoms with Crippen LogP contribution in [-0.4, -0.2) is 16.1 Å². The van der Waals surface area contributed by atoms with Crippen molar-refractivity contribution in [1.29, 1.82) is 0 Å². The number of carbonyl (C=O) groups excluding carboxylic acids is 1. The van der Waals surface area contributed by atoms with Gasteiger partial charge in [0.25, 0.3) is 5.91 Å². The molecular weight excluding hydrogens is 381 g/mol. The van der Waals surface area contributed by atoms with Crippen molar-refractivity contribution in [2.45, 2.75) is 18.4 Å². The van der Waals surface area contributed by atoms with Gasteiger partial charge in [0.05, 0.1) is 0 Å². The zero-order valence-electron chi connectivity index (χ0n) is 11.1. The Kier molecular flexibility index (Phi) is 3.62. The molecule has 3 rings (SSSR count). The number of rotatable bonds is 3. The Hall–Kier alpha value is -1.60. The normalized spacial score (nSPS) is 20.2. The van der Waals surface area contributed by atoms with Gasteiger partial charge in [-0.1, -0.05) is 12.1 Å². The number of benzene rings is 2. The van der Waals surface area contributed by atoms with Gasteiger partial charge in [-0.25, -0.2) is 0 Å². The second-order valence-corrected chi connectivity index (χ2v) is 6.42. The van der Waals surface area contributed by atoms with Crippen LogP contribution in [-0.2, 0) is 16.8 Å². The average molecular weight is 395 g/mol. The van der Waals surface area contributed by atoms with Crippen LogP contribution in [0.5, 0.6) is 5.75 Å². The molecule has 1 aliphatic heterocycles. The molecule has 0 saturated carbocycles. The van der Waals surface area contributed by atoms with E-state index in [4.69, 9.17) is 0 Å². The van der Waals surface area contributed by atoms with Crippen molar-refractivity contribution >= 4 is 34.2 Å². The number of amides is 1. The molecule has 5 heteroatoms. The number of nitrogens with one attached hydrogen (secondary N) is 1. The molecule has 1 aliphatic rings. The van der Waals surface area contributed by atoms with Crippen molar-refractivity contribution in [3.8, 4) is 5.75 Å². The molecule has 0 saturated heterocycles. The van der Waals surface area contributed by atoms with Crippen molar-refractivity contribution in [2.24, 2.45) is 0 Å². The summed E-state index contributed by atoms with van der Waals surface area (Å²) in [6.45, 7) is 0. The summed E-state index contributed by atoms with van der Waals surface area (Å²) in [6.07, 6.45) is 0.853. The predicted molar refractivity (Wildman–Crippen MR) is 88.1 cm³/mol. The van der Waals surface area contributed by atoms with Gasteiger partial charge in [-0.3, -0.25) is 4.79 Å². The summed E-state index contributed by atoms with van der Waals surface area (Å²) in [7, 11) is 0. The first kappa shape index (κ1) is 14.3. The molecule has 21 heavy (non-hydrogen) atoms. The minimum absolute atomic E-state index is 0.0398. The fraction of sp³-hybridized carbons (Fsp3) is 0.188. The number of aromatic hydroxyl groups is 1. The molecule has 2 aromatic rings. The maximum Gasteiger partial charge on any atom is 0.261 e. The molecule has 1 amide bonds. The van der Waals surface area contributed by atoms with Crippen LogP contribution in [0.3, 0.4) is 0 Å². The third-order valence-corrected chi connectivity index (χ3v) is 4.48. The number of carbonyl (C=O) groups is 1. The van der Waals surface area contributed by atoms with E-state index < -0.39 is 11.5 Å². The van der Waals surface area contributed by atoms with Gasteiger partial charge in [-0.2, -0.15) is 0 Å². The molecular formula is C16H14INO3. The Morgan fingerprint density at radius 1 is 1.14 bits per heavy atom. The largest absolute Gasteiger partial charge is 0.508 e.